The third-order valence-corrected chi connectivity index (χ3v) is 16.0. The second kappa shape index (κ2) is 20.2. The van der Waals surface area contributed by atoms with Gasteiger partial charge in [0.25, 0.3) is 0 Å². The van der Waals surface area contributed by atoms with E-state index in [0.29, 0.717) is 17.8 Å². The summed E-state index contributed by atoms with van der Waals surface area (Å²) in [4.78, 5) is 23.7. The van der Waals surface area contributed by atoms with Crippen LogP contribution in [-0.4, -0.2) is 28.7 Å². The van der Waals surface area contributed by atoms with Crippen molar-refractivity contribution in [3.63, 3.8) is 0 Å². The molecule has 0 atom stereocenters. The van der Waals surface area contributed by atoms with Crippen molar-refractivity contribution < 1.29 is 0 Å². The van der Waals surface area contributed by atoms with Crippen LogP contribution < -0.4 is 14.7 Å². The third-order valence-electron chi connectivity index (χ3n) is 16.0. The Bertz CT molecular complexity index is 4860. The van der Waals surface area contributed by atoms with Crippen LogP contribution >= 0.6 is 0 Å². The molecule has 0 saturated carbocycles. The summed E-state index contributed by atoms with van der Waals surface area (Å²) >= 11 is 0. The van der Waals surface area contributed by atoms with E-state index in [1.165, 1.54) is 5.39 Å². The molecule has 16 rings (SSSR count). The van der Waals surface area contributed by atoms with E-state index in [1.54, 1.807) is 0 Å². The van der Waals surface area contributed by atoms with Gasteiger partial charge in [-0.25, -0.2) is 0 Å². The van der Waals surface area contributed by atoms with E-state index in [2.05, 4.69) is 320 Å². The van der Waals surface area contributed by atoms with Crippen LogP contribution in [0, 0.1) is 0 Å². The molecule has 0 radical (unpaired) electrons. The highest BCUT2D eigenvalue weighted by Crippen LogP contribution is 2.45. The minimum absolute atomic E-state index is 0.424. The summed E-state index contributed by atoms with van der Waals surface area (Å²) in [5.41, 5.74) is 15.1. The van der Waals surface area contributed by atoms with Gasteiger partial charge in [0.15, 0.2) is 0 Å². The lowest BCUT2D eigenvalue weighted by molar-refractivity contribution is 0.963. The van der Waals surface area contributed by atoms with Crippen molar-refractivity contribution in [3.05, 3.63) is 309 Å². The molecule has 0 N–H and O–H groups in total. The molecule has 4 aromatic heterocycles. The molecular formula is C75H51N9. The number of hydrogen-bond acceptors (Lipinski definition) is 6. The van der Waals surface area contributed by atoms with Gasteiger partial charge in [0.05, 0.1) is 38.8 Å². The molecule has 12 aromatic carbocycles. The van der Waals surface area contributed by atoms with E-state index in [1.807, 2.05) is 18.2 Å². The van der Waals surface area contributed by atoms with Crippen molar-refractivity contribution in [1.29, 1.82) is 0 Å². The number of hydrogen-bond donors (Lipinski definition) is 0. The molecule has 16 aromatic rings. The van der Waals surface area contributed by atoms with Crippen LogP contribution in [0.4, 0.5) is 52.0 Å². The first-order valence-corrected chi connectivity index (χ1v) is 28.3. The maximum atomic E-state index is 5.72. The highest BCUT2D eigenvalue weighted by molar-refractivity contribution is 6.13. The molecule has 9 heteroatoms. The number of rotatable bonds is 12. The van der Waals surface area contributed by atoms with Crippen molar-refractivity contribution in [2.24, 2.45) is 0 Å². The predicted molar refractivity (Wildman–Crippen MR) is 347 cm³/mol. The first-order chi connectivity index (χ1) is 41.7. The topological polar surface area (TPSA) is 63.2 Å². The van der Waals surface area contributed by atoms with Crippen LogP contribution in [-0.2, 0) is 0 Å². The van der Waals surface area contributed by atoms with Crippen LogP contribution in [0.15, 0.2) is 309 Å². The molecule has 84 heavy (non-hydrogen) atoms. The smallest absolute Gasteiger partial charge is 0.241 e. The average Bonchev–Trinajstić information content (AvgIpc) is 2.63. The van der Waals surface area contributed by atoms with Crippen LogP contribution in [0.2, 0.25) is 0 Å². The molecule has 4 heterocycles. The molecule has 0 amide bonds. The summed E-state index contributed by atoms with van der Waals surface area (Å²) in [6.07, 6.45) is 0. The molecule has 396 valence electrons. The van der Waals surface area contributed by atoms with Crippen LogP contribution in [0.25, 0.3) is 82.5 Å². The fourth-order valence-electron chi connectivity index (χ4n) is 12.4. The quantitative estimate of drug-likeness (QED) is 0.121. The van der Waals surface area contributed by atoms with Gasteiger partial charge in [-0.2, -0.15) is 15.0 Å². The molecule has 9 nitrogen and oxygen atoms in total. The zero-order valence-electron chi connectivity index (χ0n) is 45.5. The Hall–Kier alpha value is -11.6. The van der Waals surface area contributed by atoms with Crippen molar-refractivity contribution in [3.8, 4) is 17.1 Å². The van der Waals surface area contributed by atoms with Crippen LogP contribution in [0.5, 0.6) is 0 Å². The van der Waals surface area contributed by atoms with Gasteiger partial charge < -0.3 is 13.7 Å². The normalized spacial score (nSPS) is 11.6. The molecule has 0 spiro atoms. The highest BCUT2D eigenvalue weighted by atomic mass is 15.4. The van der Waals surface area contributed by atoms with E-state index in [0.717, 1.165) is 111 Å². The first-order valence-electron chi connectivity index (χ1n) is 28.3. The standard InChI is InChI=1S/C75H51N9/c1-7-25-52(26-8-1)79(58-44-47-70-65(49-58)62-38-20-23-41-68(62)82(70)55-31-13-4-14-32-55)73-76-74(80(53-27-9-2-10-28-53)59-45-48-71-66(50-59)63-39-21-24-42-69(63)83(71)56-33-15-5-16-34-56)78-75(77-73)81(54-29-11-3-12-30-54)60-43-46-64-61-37-19-22-40-67(61)84(72(64)51-60)57-35-17-6-18-36-57/h1-51H. The summed E-state index contributed by atoms with van der Waals surface area (Å²) in [5.74, 6) is 1.28. The fraction of sp³-hybridized carbons (Fsp3) is 0. The number of para-hydroxylation sites is 9. The minimum atomic E-state index is 0.424. The second-order valence-corrected chi connectivity index (χ2v) is 20.9. The Kier molecular flexibility index (Phi) is 11.6. The van der Waals surface area contributed by atoms with Crippen molar-refractivity contribution in [2.75, 3.05) is 14.7 Å². The maximum absolute atomic E-state index is 5.72. The maximum Gasteiger partial charge on any atom is 0.241 e. The zero-order chi connectivity index (χ0) is 55.5. The number of fused-ring (bicyclic) bond motifs is 9. The Morgan fingerprint density at radius 1 is 0.190 bits per heavy atom. The zero-order valence-corrected chi connectivity index (χ0v) is 45.5. The van der Waals surface area contributed by atoms with E-state index in [4.69, 9.17) is 15.0 Å². The van der Waals surface area contributed by atoms with Crippen molar-refractivity contribution >= 4 is 117 Å². The van der Waals surface area contributed by atoms with Crippen LogP contribution in [0.3, 0.4) is 0 Å². The Balaban J connectivity index is 0.977. The largest absolute Gasteiger partial charge is 0.309 e. The van der Waals surface area contributed by atoms with Crippen molar-refractivity contribution in [1.82, 2.24) is 28.7 Å². The summed E-state index contributed by atoms with van der Waals surface area (Å²) in [5, 5.41) is 6.79. The monoisotopic (exact) mass is 1080 g/mol. The minimum Gasteiger partial charge on any atom is -0.309 e. The Morgan fingerprint density at radius 3 is 0.821 bits per heavy atom. The van der Waals surface area contributed by atoms with Crippen LogP contribution in [0.1, 0.15) is 0 Å². The molecule has 0 fully saturated rings. The molecule has 0 unspecified atom stereocenters. The SMILES string of the molecule is c1ccc(N(c2ccc3c(c2)c2ccccc2n3-c2ccccc2)c2nc(N(c3ccccc3)c3ccc4c(c3)c3ccccc3n4-c3ccccc3)nc(N(c3ccccc3)c3ccc4c5ccccc5n(-c5ccccc5)c4c3)n2)cc1. The average molecular weight is 1080 g/mol. The summed E-state index contributed by atoms with van der Waals surface area (Å²) in [6.45, 7) is 0. The molecule has 0 saturated heterocycles. The lowest BCUT2D eigenvalue weighted by Gasteiger charge is -2.30. The van der Waals surface area contributed by atoms with Gasteiger partial charge in [0, 0.05) is 77.8 Å². The molecular weight excluding hydrogens is 1030 g/mol. The number of benzene rings is 12. The lowest BCUT2D eigenvalue weighted by Crippen LogP contribution is -2.22. The highest BCUT2D eigenvalue weighted by Gasteiger charge is 2.28. The first kappa shape index (κ1) is 48.4. The van der Waals surface area contributed by atoms with Gasteiger partial charge in [-0.15, -0.1) is 0 Å². The van der Waals surface area contributed by atoms with Gasteiger partial charge in [-0.3, -0.25) is 14.7 Å². The molecule has 0 aliphatic rings. The van der Waals surface area contributed by atoms with Gasteiger partial charge in [0.1, 0.15) is 0 Å². The molecule has 0 aliphatic heterocycles. The van der Waals surface area contributed by atoms with E-state index in [-0.39, 0.29) is 0 Å². The fourth-order valence-corrected chi connectivity index (χ4v) is 12.4. The van der Waals surface area contributed by atoms with Gasteiger partial charge in [-0.05, 0) is 140 Å². The molecule has 0 aliphatic carbocycles. The Labute approximate surface area is 484 Å². The summed E-state index contributed by atoms with van der Waals surface area (Å²) in [7, 11) is 0. The molecule has 0 bridgehead atoms. The Morgan fingerprint density at radius 2 is 0.452 bits per heavy atom. The summed E-state index contributed by atoms with van der Waals surface area (Å²) in [6, 6.07) is 109. The van der Waals surface area contributed by atoms with Gasteiger partial charge >= 0.3 is 0 Å². The van der Waals surface area contributed by atoms with Gasteiger partial charge in [-0.1, -0.05) is 170 Å². The van der Waals surface area contributed by atoms with E-state index >= 15 is 0 Å². The van der Waals surface area contributed by atoms with Gasteiger partial charge in [0.2, 0.25) is 17.8 Å². The predicted octanol–water partition coefficient (Wildman–Crippen LogP) is 19.6. The summed E-state index contributed by atoms with van der Waals surface area (Å²) < 4.78 is 7.04. The second-order valence-electron chi connectivity index (χ2n) is 20.9. The number of anilines is 9. The number of nitrogens with zero attached hydrogens (tertiary/aromatic N) is 9. The lowest BCUT2D eigenvalue weighted by atomic mass is 10.1. The number of aromatic nitrogens is 6. The third kappa shape index (κ3) is 8.13. The van der Waals surface area contributed by atoms with Crippen molar-refractivity contribution in [2.45, 2.75) is 0 Å². The van der Waals surface area contributed by atoms with E-state index in [9.17, 15) is 0 Å². The van der Waals surface area contributed by atoms with E-state index < -0.39 is 0 Å².